The number of thiophene rings is 1. The second-order valence-corrected chi connectivity index (χ2v) is 4.88. The van der Waals surface area contributed by atoms with E-state index in [9.17, 15) is 4.79 Å². The lowest BCUT2D eigenvalue weighted by atomic mass is 10.1. The van der Waals surface area contributed by atoms with Crippen LogP contribution in [0.25, 0.3) is 21.0 Å². The van der Waals surface area contributed by atoms with Gasteiger partial charge in [-0.2, -0.15) is 0 Å². The van der Waals surface area contributed by atoms with Crippen LogP contribution in [-0.4, -0.2) is 16.1 Å². The maximum absolute atomic E-state index is 10.9. The molecule has 1 aromatic carbocycles. The molecule has 3 rings (SSSR count). The highest BCUT2D eigenvalue weighted by Crippen LogP contribution is 2.33. The molecule has 2 aromatic heterocycles. The predicted octanol–water partition coefficient (Wildman–Crippen LogP) is 3.80. The molecule has 0 spiro atoms. The van der Waals surface area contributed by atoms with Gasteiger partial charge in [0.2, 0.25) is 0 Å². The number of halogens is 1. The number of nitrogens with zero attached hydrogens (tertiary/aromatic N) is 1. The van der Waals surface area contributed by atoms with Crippen LogP contribution in [0, 0.1) is 0 Å². The zero-order valence-electron chi connectivity index (χ0n) is 8.48. The summed E-state index contributed by atoms with van der Waals surface area (Å²) in [7, 11) is 0. The number of aromatic nitrogens is 1. The van der Waals surface area contributed by atoms with Crippen LogP contribution in [0.15, 0.2) is 29.6 Å². The molecule has 5 heteroatoms. The Labute approximate surface area is 105 Å². The summed E-state index contributed by atoms with van der Waals surface area (Å²) in [5.41, 5.74) is 0.835. The molecule has 0 aliphatic carbocycles. The molecule has 3 aromatic rings. The summed E-state index contributed by atoms with van der Waals surface area (Å²) in [5.74, 6) is -0.962. The van der Waals surface area contributed by atoms with Gasteiger partial charge in [-0.3, -0.25) is 0 Å². The van der Waals surface area contributed by atoms with Gasteiger partial charge in [-0.15, -0.1) is 11.3 Å². The summed E-state index contributed by atoms with van der Waals surface area (Å²) in [6.45, 7) is 0. The van der Waals surface area contributed by atoms with Crippen molar-refractivity contribution >= 4 is 49.9 Å². The van der Waals surface area contributed by atoms with Crippen molar-refractivity contribution in [2.24, 2.45) is 0 Å². The van der Waals surface area contributed by atoms with Gasteiger partial charge in [0.05, 0.1) is 11.1 Å². The third kappa shape index (κ3) is 1.57. The molecule has 0 fully saturated rings. The van der Waals surface area contributed by atoms with Crippen LogP contribution < -0.4 is 0 Å². The third-order valence-corrected chi connectivity index (χ3v) is 3.83. The van der Waals surface area contributed by atoms with E-state index in [4.69, 9.17) is 16.7 Å². The number of carbonyl (C=O) groups is 1. The lowest BCUT2D eigenvalue weighted by Gasteiger charge is -2.02. The molecule has 0 amide bonds. The summed E-state index contributed by atoms with van der Waals surface area (Å²) in [6, 6.07) is 6.82. The standard InChI is InChI=1S/C12H6ClNO2S/c13-11-8-3-4-17-10(8)7-2-1-6(12(15)16)5-9(7)14-11/h1-5H,(H,15,16). The third-order valence-electron chi connectivity index (χ3n) is 2.60. The highest BCUT2D eigenvalue weighted by molar-refractivity contribution is 7.18. The van der Waals surface area contributed by atoms with Crippen molar-refractivity contribution in [3.8, 4) is 0 Å². The van der Waals surface area contributed by atoms with Crippen molar-refractivity contribution in [2.45, 2.75) is 0 Å². The van der Waals surface area contributed by atoms with Gasteiger partial charge in [0, 0.05) is 15.5 Å². The van der Waals surface area contributed by atoms with Crippen LogP contribution >= 0.6 is 22.9 Å². The number of carboxylic acids is 1. The normalized spacial score (nSPS) is 11.1. The highest BCUT2D eigenvalue weighted by Gasteiger charge is 2.10. The zero-order valence-corrected chi connectivity index (χ0v) is 10.0. The molecule has 0 unspecified atom stereocenters. The number of carboxylic acid groups (broad SMARTS) is 1. The van der Waals surface area contributed by atoms with Gasteiger partial charge in [-0.05, 0) is 23.6 Å². The van der Waals surface area contributed by atoms with Gasteiger partial charge < -0.3 is 5.11 Å². The van der Waals surface area contributed by atoms with Gasteiger partial charge >= 0.3 is 5.97 Å². The van der Waals surface area contributed by atoms with E-state index in [0.717, 1.165) is 15.5 Å². The lowest BCUT2D eigenvalue weighted by molar-refractivity contribution is 0.0697. The first-order chi connectivity index (χ1) is 8.16. The molecule has 1 N–H and O–H groups in total. The van der Waals surface area contributed by atoms with Gasteiger partial charge in [0.1, 0.15) is 5.15 Å². The van der Waals surface area contributed by atoms with E-state index in [1.807, 2.05) is 11.4 Å². The van der Waals surface area contributed by atoms with Gasteiger partial charge in [0.25, 0.3) is 0 Å². The topological polar surface area (TPSA) is 50.2 Å². The maximum Gasteiger partial charge on any atom is 0.335 e. The number of rotatable bonds is 1. The van der Waals surface area contributed by atoms with Gasteiger partial charge in [-0.25, -0.2) is 9.78 Å². The quantitative estimate of drug-likeness (QED) is 0.680. The molecule has 84 valence electrons. The second-order valence-electron chi connectivity index (χ2n) is 3.60. The predicted molar refractivity (Wildman–Crippen MR) is 69.1 cm³/mol. The smallest absolute Gasteiger partial charge is 0.335 e. The first-order valence-corrected chi connectivity index (χ1v) is 6.12. The van der Waals surface area contributed by atoms with Crippen LogP contribution in [0.3, 0.4) is 0 Å². The van der Waals surface area contributed by atoms with Crippen molar-refractivity contribution in [1.29, 1.82) is 0 Å². The minimum atomic E-state index is -0.962. The van der Waals surface area contributed by atoms with Crippen molar-refractivity contribution in [3.63, 3.8) is 0 Å². The number of fused-ring (bicyclic) bond motifs is 3. The van der Waals surface area contributed by atoms with E-state index in [2.05, 4.69) is 4.98 Å². The monoisotopic (exact) mass is 263 g/mol. The Hall–Kier alpha value is -1.65. The molecule has 2 heterocycles. The van der Waals surface area contributed by atoms with E-state index in [-0.39, 0.29) is 5.56 Å². The first kappa shape index (κ1) is 10.5. The summed E-state index contributed by atoms with van der Waals surface area (Å²) in [4.78, 5) is 15.1. The number of pyridine rings is 1. The Balaban J connectivity index is 2.45. The Bertz CT molecular complexity index is 751. The fourth-order valence-electron chi connectivity index (χ4n) is 1.80. The summed E-state index contributed by atoms with van der Waals surface area (Å²) < 4.78 is 1.04. The summed E-state index contributed by atoms with van der Waals surface area (Å²) in [6.07, 6.45) is 0. The summed E-state index contributed by atoms with van der Waals surface area (Å²) in [5, 5.41) is 13.1. The van der Waals surface area contributed by atoms with Crippen LogP contribution in [0.5, 0.6) is 0 Å². The van der Waals surface area contributed by atoms with Crippen LogP contribution in [0.1, 0.15) is 10.4 Å². The number of hydrogen-bond acceptors (Lipinski definition) is 3. The number of benzene rings is 1. The first-order valence-electron chi connectivity index (χ1n) is 4.86. The molecule has 0 bridgehead atoms. The molecule has 0 aliphatic rings. The Morgan fingerprint density at radius 2 is 2.12 bits per heavy atom. The highest BCUT2D eigenvalue weighted by atomic mass is 35.5. The minimum Gasteiger partial charge on any atom is -0.478 e. The average molecular weight is 264 g/mol. The van der Waals surface area contributed by atoms with E-state index >= 15 is 0 Å². The molecule has 0 atom stereocenters. The zero-order chi connectivity index (χ0) is 12.0. The fraction of sp³-hybridized carbons (Fsp3) is 0. The van der Waals surface area contributed by atoms with E-state index < -0.39 is 5.97 Å². The fourth-order valence-corrected chi connectivity index (χ4v) is 3.03. The Kier molecular flexibility index (Phi) is 2.28. The molecular formula is C12H6ClNO2S. The molecule has 0 saturated carbocycles. The second kappa shape index (κ2) is 3.68. The average Bonchev–Trinajstić information content (AvgIpc) is 2.78. The van der Waals surface area contributed by atoms with Crippen molar-refractivity contribution < 1.29 is 9.90 Å². The van der Waals surface area contributed by atoms with Crippen molar-refractivity contribution in [3.05, 3.63) is 40.4 Å². The van der Waals surface area contributed by atoms with Crippen molar-refractivity contribution in [1.82, 2.24) is 4.98 Å². The SMILES string of the molecule is O=C(O)c1ccc2c(c1)nc(Cl)c1ccsc12. The molecule has 17 heavy (non-hydrogen) atoms. The Morgan fingerprint density at radius 3 is 2.88 bits per heavy atom. The van der Waals surface area contributed by atoms with Crippen LogP contribution in [-0.2, 0) is 0 Å². The van der Waals surface area contributed by atoms with Crippen LogP contribution in [0.2, 0.25) is 5.15 Å². The molecule has 0 saturated heterocycles. The lowest BCUT2D eigenvalue weighted by Crippen LogP contribution is -1.96. The van der Waals surface area contributed by atoms with Gasteiger partial charge in [0.15, 0.2) is 0 Å². The molecule has 3 nitrogen and oxygen atoms in total. The Morgan fingerprint density at radius 1 is 1.29 bits per heavy atom. The van der Waals surface area contributed by atoms with E-state index in [0.29, 0.717) is 10.7 Å². The minimum absolute atomic E-state index is 0.219. The summed E-state index contributed by atoms with van der Waals surface area (Å²) >= 11 is 7.63. The largest absolute Gasteiger partial charge is 0.478 e. The molecular weight excluding hydrogens is 258 g/mol. The van der Waals surface area contributed by atoms with Crippen molar-refractivity contribution in [2.75, 3.05) is 0 Å². The maximum atomic E-state index is 10.9. The van der Waals surface area contributed by atoms with Gasteiger partial charge in [-0.1, -0.05) is 17.7 Å². The molecule has 0 aliphatic heterocycles. The van der Waals surface area contributed by atoms with Crippen LogP contribution in [0.4, 0.5) is 0 Å². The molecule has 0 radical (unpaired) electrons. The van der Waals surface area contributed by atoms with E-state index in [1.165, 1.54) is 0 Å². The number of hydrogen-bond donors (Lipinski definition) is 1. The number of aromatic carboxylic acids is 1. The van der Waals surface area contributed by atoms with E-state index in [1.54, 1.807) is 29.5 Å².